The van der Waals surface area contributed by atoms with E-state index in [1.54, 1.807) is 18.3 Å². The predicted octanol–water partition coefficient (Wildman–Crippen LogP) is 1.25. The molecule has 0 radical (unpaired) electrons. The highest BCUT2D eigenvalue weighted by molar-refractivity contribution is 7.91. The van der Waals surface area contributed by atoms with Gasteiger partial charge in [-0.05, 0) is 54.5 Å². The van der Waals surface area contributed by atoms with Gasteiger partial charge in [0.1, 0.15) is 6.54 Å². The van der Waals surface area contributed by atoms with Crippen molar-refractivity contribution in [2.75, 3.05) is 12.4 Å². The Morgan fingerprint density at radius 3 is 2.54 bits per heavy atom. The van der Waals surface area contributed by atoms with Crippen molar-refractivity contribution in [3.63, 3.8) is 0 Å². The lowest BCUT2D eigenvalue weighted by molar-refractivity contribution is 0.295. The molecule has 0 aliphatic carbocycles. The van der Waals surface area contributed by atoms with Crippen LogP contribution in [0.2, 0.25) is 0 Å². The SMILES string of the molecule is Cc1ccc(Cn2nnc(-c3ccc(S(=O)(=O)CCCO)cc3)n2)nc1. The highest BCUT2D eigenvalue weighted by atomic mass is 32.2. The van der Waals surface area contributed by atoms with Crippen LogP contribution in [-0.4, -0.2) is 51.1 Å². The van der Waals surface area contributed by atoms with Crippen LogP contribution in [0, 0.1) is 6.92 Å². The third-order valence-corrected chi connectivity index (χ3v) is 5.59. The van der Waals surface area contributed by atoms with Crippen molar-refractivity contribution in [1.82, 2.24) is 25.2 Å². The van der Waals surface area contributed by atoms with E-state index in [4.69, 9.17) is 5.11 Å². The minimum atomic E-state index is -3.39. The van der Waals surface area contributed by atoms with Crippen molar-refractivity contribution < 1.29 is 13.5 Å². The topological polar surface area (TPSA) is 111 Å². The molecule has 0 fully saturated rings. The van der Waals surface area contributed by atoms with Gasteiger partial charge in [-0.3, -0.25) is 4.98 Å². The fourth-order valence-electron chi connectivity index (χ4n) is 2.35. The molecule has 136 valence electrons. The molecule has 0 amide bonds. The number of rotatable bonds is 7. The summed E-state index contributed by atoms with van der Waals surface area (Å²) < 4.78 is 24.2. The highest BCUT2D eigenvalue weighted by Crippen LogP contribution is 2.18. The van der Waals surface area contributed by atoms with Crippen LogP contribution in [0.5, 0.6) is 0 Å². The zero-order valence-corrected chi connectivity index (χ0v) is 15.1. The number of aliphatic hydroxyl groups is 1. The molecule has 2 aromatic heterocycles. The second-order valence-corrected chi connectivity index (χ2v) is 8.00. The van der Waals surface area contributed by atoms with Gasteiger partial charge in [0.15, 0.2) is 9.84 Å². The number of sulfone groups is 1. The van der Waals surface area contributed by atoms with Gasteiger partial charge in [-0.25, -0.2) is 8.42 Å². The highest BCUT2D eigenvalue weighted by Gasteiger charge is 2.15. The van der Waals surface area contributed by atoms with Gasteiger partial charge in [0, 0.05) is 18.4 Å². The molecule has 0 aliphatic heterocycles. The summed E-state index contributed by atoms with van der Waals surface area (Å²) in [5.41, 5.74) is 2.58. The first-order valence-electron chi connectivity index (χ1n) is 8.11. The van der Waals surface area contributed by atoms with Crippen LogP contribution in [0.1, 0.15) is 17.7 Å². The lowest BCUT2D eigenvalue weighted by Gasteiger charge is -2.03. The van der Waals surface area contributed by atoms with E-state index in [2.05, 4.69) is 20.4 Å². The van der Waals surface area contributed by atoms with Crippen molar-refractivity contribution in [3.8, 4) is 11.4 Å². The number of hydrogen-bond acceptors (Lipinski definition) is 7. The predicted molar refractivity (Wildman–Crippen MR) is 95.1 cm³/mol. The fourth-order valence-corrected chi connectivity index (χ4v) is 3.64. The fraction of sp³-hybridized carbons (Fsp3) is 0.294. The van der Waals surface area contributed by atoms with Crippen molar-refractivity contribution in [1.29, 1.82) is 0 Å². The molecule has 3 rings (SSSR count). The van der Waals surface area contributed by atoms with E-state index >= 15 is 0 Å². The molecule has 1 aromatic carbocycles. The van der Waals surface area contributed by atoms with Crippen LogP contribution in [0.25, 0.3) is 11.4 Å². The average molecular weight is 373 g/mol. The summed E-state index contributed by atoms with van der Waals surface area (Å²) in [7, 11) is -3.39. The van der Waals surface area contributed by atoms with Gasteiger partial charge in [0.25, 0.3) is 0 Å². The van der Waals surface area contributed by atoms with Crippen LogP contribution >= 0.6 is 0 Å². The molecule has 3 aromatic rings. The summed E-state index contributed by atoms with van der Waals surface area (Å²) in [4.78, 5) is 5.96. The lowest BCUT2D eigenvalue weighted by atomic mass is 10.2. The minimum Gasteiger partial charge on any atom is -0.396 e. The van der Waals surface area contributed by atoms with E-state index in [1.807, 2.05) is 19.1 Å². The maximum atomic E-state index is 12.1. The third-order valence-electron chi connectivity index (χ3n) is 3.77. The quantitative estimate of drug-likeness (QED) is 0.663. The average Bonchev–Trinajstić information content (AvgIpc) is 3.11. The Morgan fingerprint density at radius 2 is 1.88 bits per heavy atom. The van der Waals surface area contributed by atoms with Crippen LogP contribution in [0.15, 0.2) is 47.5 Å². The zero-order chi connectivity index (χ0) is 18.6. The zero-order valence-electron chi connectivity index (χ0n) is 14.3. The minimum absolute atomic E-state index is 0.0825. The smallest absolute Gasteiger partial charge is 0.204 e. The van der Waals surface area contributed by atoms with Crippen LogP contribution in [0.3, 0.4) is 0 Å². The van der Waals surface area contributed by atoms with Gasteiger partial charge in [-0.2, -0.15) is 4.80 Å². The first-order chi connectivity index (χ1) is 12.5. The van der Waals surface area contributed by atoms with Crippen molar-refractivity contribution in [3.05, 3.63) is 53.9 Å². The van der Waals surface area contributed by atoms with E-state index in [9.17, 15) is 8.42 Å². The summed E-state index contributed by atoms with van der Waals surface area (Å²) in [6, 6.07) is 10.2. The Hall–Kier alpha value is -2.65. The first-order valence-corrected chi connectivity index (χ1v) is 9.76. The van der Waals surface area contributed by atoms with Gasteiger partial charge in [0.2, 0.25) is 5.82 Å². The Morgan fingerprint density at radius 1 is 1.12 bits per heavy atom. The number of benzene rings is 1. The van der Waals surface area contributed by atoms with Gasteiger partial charge >= 0.3 is 0 Å². The van der Waals surface area contributed by atoms with Crippen LogP contribution < -0.4 is 0 Å². The van der Waals surface area contributed by atoms with E-state index in [0.29, 0.717) is 17.9 Å². The second-order valence-electron chi connectivity index (χ2n) is 5.89. The monoisotopic (exact) mass is 373 g/mol. The van der Waals surface area contributed by atoms with Crippen molar-refractivity contribution >= 4 is 9.84 Å². The van der Waals surface area contributed by atoms with Crippen LogP contribution in [-0.2, 0) is 16.4 Å². The van der Waals surface area contributed by atoms with E-state index in [0.717, 1.165) is 11.3 Å². The maximum absolute atomic E-state index is 12.1. The number of aromatic nitrogens is 5. The molecule has 0 saturated carbocycles. The maximum Gasteiger partial charge on any atom is 0.204 e. The molecule has 0 aliphatic rings. The van der Waals surface area contributed by atoms with Gasteiger partial charge in [-0.1, -0.05) is 6.07 Å². The molecular weight excluding hydrogens is 354 g/mol. The summed E-state index contributed by atoms with van der Waals surface area (Å²) >= 11 is 0. The number of pyridine rings is 1. The number of nitrogens with zero attached hydrogens (tertiary/aromatic N) is 5. The largest absolute Gasteiger partial charge is 0.396 e. The van der Waals surface area contributed by atoms with Gasteiger partial charge in [0.05, 0.1) is 16.3 Å². The Labute approximate surface area is 151 Å². The first kappa shape index (κ1) is 18.2. The van der Waals surface area contributed by atoms with Crippen molar-refractivity contribution in [2.24, 2.45) is 0 Å². The molecule has 0 unspecified atom stereocenters. The summed E-state index contributed by atoms with van der Waals surface area (Å²) in [6.45, 7) is 2.22. The standard InChI is InChI=1S/C17H19N5O3S/c1-13-3-6-15(18-11-13)12-22-20-17(19-21-22)14-4-7-16(8-5-14)26(24,25)10-2-9-23/h3-8,11,23H,2,9-10,12H2,1H3. The molecule has 0 atom stereocenters. The number of aliphatic hydroxyl groups excluding tert-OH is 1. The number of aryl methyl sites for hydroxylation is 1. The van der Waals surface area contributed by atoms with Crippen LogP contribution in [0.4, 0.5) is 0 Å². The molecule has 9 heteroatoms. The summed E-state index contributed by atoms with van der Waals surface area (Å²) in [6.07, 6.45) is 2.00. The summed E-state index contributed by atoms with van der Waals surface area (Å²) in [5, 5.41) is 21.1. The molecule has 1 N–H and O–H groups in total. The molecule has 2 heterocycles. The Kier molecular flexibility index (Phi) is 5.38. The number of tetrazole rings is 1. The van der Waals surface area contributed by atoms with Crippen molar-refractivity contribution in [2.45, 2.75) is 24.8 Å². The Bertz CT molecular complexity index is 966. The lowest BCUT2D eigenvalue weighted by Crippen LogP contribution is -2.08. The Balaban J connectivity index is 1.74. The molecule has 26 heavy (non-hydrogen) atoms. The van der Waals surface area contributed by atoms with Gasteiger partial charge in [-0.15, -0.1) is 10.2 Å². The molecule has 0 spiro atoms. The van der Waals surface area contributed by atoms with E-state index < -0.39 is 9.84 Å². The van der Waals surface area contributed by atoms with E-state index in [-0.39, 0.29) is 23.7 Å². The third kappa shape index (κ3) is 4.30. The second kappa shape index (κ2) is 7.71. The molecule has 8 nitrogen and oxygen atoms in total. The van der Waals surface area contributed by atoms with Gasteiger partial charge < -0.3 is 5.11 Å². The van der Waals surface area contributed by atoms with E-state index in [1.165, 1.54) is 16.9 Å². The molecule has 0 saturated heterocycles. The molecular formula is C17H19N5O3S. The molecule has 0 bridgehead atoms. The number of hydrogen-bond donors (Lipinski definition) is 1. The summed E-state index contributed by atoms with van der Waals surface area (Å²) in [5.74, 6) is 0.331. The normalized spacial score (nSPS) is 11.6.